The smallest absolute Gasteiger partial charge is 0.0593 e. The van der Waals surface area contributed by atoms with E-state index in [0.29, 0.717) is 0 Å². The van der Waals surface area contributed by atoms with E-state index in [9.17, 15) is 0 Å². The van der Waals surface area contributed by atoms with Crippen LogP contribution in [0.1, 0.15) is 56.7 Å². The highest BCUT2D eigenvalue weighted by molar-refractivity contribution is 7.99. The van der Waals surface area contributed by atoms with Crippen LogP contribution < -0.4 is 5.32 Å². The number of unbranched alkanes of at least 4 members (excludes halogenated alkanes) is 1. The molecule has 0 spiro atoms. The maximum atomic E-state index is 4.35. The van der Waals surface area contributed by atoms with Gasteiger partial charge >= 0.3 is 0 Å². The van der Waals surface area contributed by atoms with Gasteiger partial charge in [0.05, 0.1) is 6.04 Å². The standard InChI is InChI=1S/C20H26N2S/c1-3-5-12-20(4-2)15-23-18-14-21-13-11-17(18)19(22-20)16-9-7-6-8-10-16/h6-11,13-14,19,22H,3-5,12,15H2,1-2H3/t19-,20-/m1/s1. The second kappa shape index (κ2) is 7.50. The molecule has 1 aliphatic rings. The van der Waals surface area contributed by atoms with E-state index in [1.54, 1.807) is 0 Å². The third kappa shape index (κ3) is 3.61. The van der Waals surface area contributed by atoms with Gasteiger partial charge in [-0.05, 0) is 30.0 Å². The lowest BCUT2D eigenvalue weighted by molar-refractivity contribution is 0.298. The van der Waals surface area contributed by atoms with Crippen molar-refractivity contribution in [3.8, 4) is 0 Å². The zero-order chi connectivity index (χ0) is 16.1. The van der Waals surface area contributed by atoms with E-state index in [4.69, 9.17) is 0 Å². The first-order chi connectivity index (χ1) is 11.3. The minimum atomic E-state index is 0.195. The van der Waals surface area contributed by atoms with Crippen LogP contribution in [0.2, 0.25) is 0 Å². The number of pyridine rings is 1. The molecule has 1 aromatic heterocycles. The molecule has 2 nitrogen and oxygen atoms in total. The van der Waals surface area contributed by atoms with Crippen LogP contribution in [0.4, 0.5) is 0 Å². The van der Waals surface area contributed by atoms with Crippen molar-refractivity contribution in [2.75, 3.05) is 5.75 Å². The Kier molecular flexibility index (Phi) is 5.39. The number of nitrogens with zero attached hydrogens (tertiary/aromatic N) is 1. The Morgan fingerprint density at radius 3 is 2.78 bits per heavy atom. The molecular formula is C20H26N2S. The Hall–Kier alpha value is -1.32. The summed E-state index contributed by atoms with van der Waals surface area (Å²) in [5.74, 6) is 1.12. The van der Waals surface area contributed by atoms with Gasteiger partial charge in [-0.15, -0.1) is 11.8 Å². The van der Waals surface area contributed by atoms with Crippen molar-refractivity contribution >= 4 is 11.8 Å². The van der Waals surface area contributed by atoms with Gasteiger partial charge < -0.3 is 0 Å². The van der Waals surface area contributed by atoms with E-state index < -0.39 is 0 Å². The quantitative estimate of drug-likeness (QED) is 0.817. The minimum absolute atomic E-state index is 0.195. The van der Waals surface area contributed by atoms with Crippen molar-refractivity contribution in [3.05, 3.63) is 59.9 Å². The third-order valence-corrected chi connectivity index (χ3v) is 6.25. The lowest BCUT2D eigenvalue weighted by Crippen LogP contribution is -2.48. The van der Waals surface area contributed by atoms with Crippen LogP contribution in [0, 0.1) is 0 Å². The molecule has 1 aromatic carbocycles. The largest absolute Gasteiger partial charge is 0.300 e. The molecule has 1 N–H and O–H groups in total. The van der Waals surface area contributed by atoms with Gasteiger partial charge in [0.2, 0.25) is 0 Å². The van der Waals surface area contributed by atoms with Crippen molar-refractivity contribution < 1.29 is 0 Å². The van der Waals surface area contributed by atoms with Crippen LogP contribution in [-0.4, -0.2) is 16.3 Å². The van der Waals surface area contributed by atoms with Gasteiger partial charge in [-0.1, -0.05) is 57.0 Å². The molecule has 0 radical (unpaired) electrons. The maximum absolute atomic E-state index is 4.35. The summed E-state index contributed by atoms with van der Waals surface area (Å²) in [5, 5.41) is 4.04. The average molecular weight is 327 g/mol. The normalized spacial score (nSPS) is 24.0. The number of benzene rings is 1. The molecule has 0 amide bonds. The van der Waals surface area contributed by atoms with Gasteiger partial charge in [-0.3, -0.25) is 10.3 Å². The highest BCUT2D eigenvalue weighted by Crippen LogP contribution is 2.40. The second-order valence-electron chi connectivity index (χ2n) is 6.43. The van der Waals surface area contributed by atoms with Gasteiger partial charge in [-0.25, -0.2) is 0 Å². The molecule has 23 heavy (non-hydrogen) atoms. The predicted molar refractivity (Wildman–Crippen MR) is 98.9 cm³/mol. The van der Waals surface area contributed by atoms with Crippen LogP contribution >= 0.6 is 11.8 Å². The number of thioether (sulfide) groups is 1. The summed E-state index contributed by atoms with van der Waals surface area (Å²) in [6, 6.07) is 13.3. The summed E-state index contributed by atoms with van der Waals surface area (Å²) in [4.78, 5) is 5.68. The molecule has 122 valence electrons. The van der Waals surface area contributed by atoms with E-state index in [-0.39, 0.29) is 11.6 Å². The SMILES string of the molecule is CCCC[C@]1(CC)CSc2cnccc2[C@@H](c2ccccc2)N1. The fourth-order valence-corrected chi connectivity index (χ4v) is 4.69. The Balaban J connectivity index is 2.01. The topological polar surface area (TPSA) is 24.9 Å². The summed E-state index contributed by atoms with van der Waals surface area (Å²) >= 11 is 1.96. The van der Waals surface area contributed by atoms with Crippen LogP contribution in [0.3, 0.4) is 0 Å². The maximum Gasteiger partial charge on any atom is 0.0593 e. The molecule has 2 aromatic rings. The van der Waals surface area contributed by atoms with Crippen LogP contribution in [0.25, 0.3) is 0 Å². The molecule has 2 heterocycles. The van der Waals surface area contributed by atoms with E-state index in [1.807, 2.05) is 24.2 Å². The van der Waals surface area contributed by atoms with Crippen LogP contribution in [0.5, 0.6) is 0 Å². The minimum Gasteiger partial charge on any atom is -0.300 e. The summed E-state index contributed by atoms with van der Waals surface area (Å²) in [7, 11) is 0. The lowest BCUT2D eigenvalue weighted by Gasteiger charge is -2.36. The van der Waals surface area contributed by atoms with Gasteiger partial charge in [0.25, 0.3) is 0 Å². The Morgan fingerprint density at radius 1 is 1.22 bits per heavy atom. The lowest BCUT2D eigenvalue weighted by atomic mass is 9.88. The zero-order valence-electron chi connectivity index (χ0n) is 14.1. The van der Waals surface area contributed by atoms with Gasteiger partial charge in [0, 0.05) is 28.6 Å². The van der Waals surface area contributed by atoms with Crippen LogP contribution in [-0.2, 0) is 0 Å². The van der Waals surface area contributed by atoms with Crippen molar-refractivity contribution in [2.24, 2.45) is 0 Å². The highest BCUT2D eigenvalue weighted by Gasteiger charge is 2.35. The Bertz CT molecular complexity index is 629. The zero-order valence-corrected chi connectivity index (χ0v) is 14.9. The molecule has 2 atom stereocenters. The van der Waals surface area contributed by atoms with Gasteiger partial charge in [-0.2, -0.15) is 0 Å². The van der Waals surface area contributed by atoms with Crippen LogP contribution in [0.15, 0.2) is 53.7 Å². The summed E-state index contributed by atoms with van der Waals surface area (Å²) in [5.41, 5.74) is 2.90. The van der Waals surface area contributed by atoms with E-state index in [1.165, 1.54) is 35.3 Å². The van der Waals surface area contributed by atoms with Gasteiger partial charge in [0.15, 0.2) is 0 Å². The molecule has 0 bridgehead atoms. The molecule has 1 aliphatic heterocycles. The fraction of sp³-hybridized carbons (Fsp3) is 0.450. The molecule has 0 saturated carbocycles. The van der Waals surface area contributed by atoms with E-state index in [0.717, 1.165) is 12.2 Å². The Labute approximate surface area is 144 Å². The monoisotopic (exact) mass is 326 g/mol. The van der Waals surface area contributed by atoms with Crippen molar-refractivity contribution in [2.45, 2.75) is 56.0 Å². The van der Waals surface area contributed by atoms with E-state index >= 15 is 0 Å². The molecule has 0 saturated heterocycles. The summed E-state index contributed by atoms with van der Waals surface area (Å²) < 4.78 is 0. The number of nitrogens with one attached hydrogen (secondary N) is 1. The summed E-state index contributed by atoms with van der Waals surface area (Å²) in [6.45, 7) is 4.60. The number of hydrogen-bond donors (Lipinski definition) is 1. The molecule has 0 fully saturated rings. The molecule has 3 rings (SSSR count). The van der Waals surface area contributed by atoms with Crippen molar-refractivity contribution in [1.82, 2.24) is 10.3 Å². The summed E-state index contributed by atoms with van der Waals surface area (Å²) in [6.07, 6.45) is 8.86. The molecule has 0 aliphatic carbocycles. The van der Waals surface area contributed by atoms with Crippen molar-refractivity contribution in [1.29, 1.82) is 0 Å². The molecule has 0 unspecified atom stereocenters. The number of rotatable bonds is 5. The predicted octanol–water partition coefficient (Wildman–Crippen LogP) is 5.21. The first kappa shape index (κ1) is 16.5. The Morgan fingerprint density at radius 2 is 2.04 bits per heavy atom. The number of hydrogen-bond acceptors (Lipinski definition) is 3. The van der Waals surface area contributed by atoms with Crippen molar-refractivity contribution in [3.63, 3.8) is 0 Å². The van der Waals surface area contributed by atoms with Gasteiger partial charge in [0.1, 0.15) is 0 Å². The number of fused-ring (bicyclic) bond motifs is 1. The first-order valence-electron chi connectivity index (χ1n) is 8.67. The molecular weight excluding hydrogens is 300 g/mol. The third-order valence-electron chi connectivity index (χ3n) is 4.90. The molecule has 3 heteroatoms. The average Bonchev–Trinajstić information content (AvgIpc) is 2.79. The second-order valence-corrected chi connectivity index (χ2v) is 7.44. The first-order valence-corrected chi connectivity index (χ1v) is 9.66. The fourth-order valence-electron chi connectivity index (χ4n) is 3.34. The highest BCUT2D eigenvalue weighted by atomic mass is 32.2. The van der Waals surface area contributed by atoms with E-state index in [2.05, 4.69) is 60.5 Å². The number of aromatic nitrogens is 1.